The molecule has 0 amide bonds. The third-order valence-corrected chi connectivity index (χ3v) is 12.2. The van der Waals surface area contributed by atoms with Crippen LogP contribution in [-0.4, -0.2) is 97.8 Å². The van der Waals surface area contributed by atoms with Gasteiger partial charge in [0.1, 0.15) is 22.8 Å². The van der Waals surface area contributed by atoms with Gasteiger partial charge in [-0.05, 0) is 128 Å². The van der Waals surface area contributed by atoms with Crippen molar-refractivity contribution in [3.8, 4) is 0 Å². The molecule has 23 heteroatoms. The van der Waals surface area contributed by atoms with Crippen molar-refractivity contribution in [1.29, 1.82) is 0 Å². The van der Waals surface area contributed by atoms with Crippen LogP contribution in [0, 0.1) is 0 Å². The van der Waals surface area contributed by atoms with Gasteiger partial charge < -0.3 is 21.3 Å². The zero-order chi connectivity index (χ0) is 44.1. The fraction of sp³-hybridized carbons (Fsp3) is 0.700. The molecular formula is C40H66N18PtS4+2. The van der Waals surface area contributed by atoms with Gasteiger partial charge in [-0.3, -0.25) is 31.9 Å². The molecule has 0 saturated heterocycles. The number of rotatable bonds is 12. The molecule has 18 nitrogen and oxygen atoms in total. The first kappa shape index (κ1) is 52.0. The van der Waals surface area contributed by atoms with E-state index < -0.39 is 0 Å². The summed E-state index contributed by atoms with van der Waals surface area (Å²) in [7, 11) is 0. The van der Waals surface area contributed by atoms with Crippen LogP contribution in [0.25, 0.3) is 0 Å². The maximum absolute atomic E-state index is 5.35. The smallest absolute Gasteiger partial charge is 0.359 e. The molecule has 0 radical (unpaired) electrons. The van der Waals surface area contributed by atoms with Gasteiger partial charge in [0, 0.05) is 24.2 Å². The number of hydrogen-bond donors (Lipinski definition) is 10. The Morgan fingerprint density at radius 2 is 0.651 bits per heavy atom. The van der Waals surface area contributed by atoms with Gasteiger partial charge in [0.05, 0.1) is 0 Å². The standard InChI is InChI=1S/2C20H33N9S2.Pt/c2*1-13(24-28-19(30)21-15-9-5-3-6-10-15)17-23-18(27-26-17)14(2)25-29-20(31)22-16-11-7-4-8-12-16;/h2*15-16H,3-12H2,1-2H3,(H2,21,28,30)(H2,22,29,31)(H,23,26,27);/q;;+2/b2*24-13+,25-14+;. The molecule has 0 aliphatic heterocycles. The summed E-state index contributed by atoms with van der Waals surface area (Å²) in [6.07, 6.45) is 24.5. The van der Waals surface area contributed by atoms with Crippen LogP contribution < -0.4 is 43.0 Å². The van der Waals surface area contributed by atoms with Crippen molar-refractivity contribution in [3.63, 3.8) is 0 Å². The molecule has 2 heterocycles. The van der Waals surface area contributed by atoms with E-state index in [0.29, 0.717) is 90.8 Å². The Morgan fingerprint density at radius 3 is 0.905 bits per heavy atom. The van der Waals surface area contributed by atoms with E-state index in [0.717, 1.165) is 51.4 Å². The van der Waals surface area contributed by atoms with Crippen LogP contribution in [0.5, 0.6) is 0 Å². The zero-order valence-corrected chi connectivity index (χ0v) is 42.5. The Bertz CT molecular complexity index is 1620. The molecular weight excluding hydrogens is 1060 g/mol. The molecule has 4 aliphatic rings. The first-order valence-corrected chi connectivity index (χ1v) is 23.9. The molecule has 4 fully saturated rings. The van der Waals surface area contributed by atoms with Crippen molar-refractivity contribution in [2.24, 2.45) is 20.4 Å². The van der Waals surface area contributed by atoms with E-state index in [9.17, 15) is 0 Å². The Kier molecular flexibility index (Phi) is 23.4. The van der Waals surface area contributed by atoms with Crippen molar-refractivity contribution in [3.05, 3.63) is 23.3 Å². The minimum Gasteiger partial charge on any atom is -0.359 e. The number of hydrazone groups is 4. The number of nitrogens with one attached hydrogen (secondary N) is 10. The summed E-state index contributed by atoms with van der Waals surface area (Å²) < 4.78 is 0. The second-order valence-electron chi connectivity index (χ2n) is 16.5. The van der Waals surface area contributed by atoms with Crippen LogP contribution in [0.1, 0.15) is 179 Å². The first-order valence-electron chi connectivity index (χ1n) is 22.3. The molecule has 2 aromatic rings. The van der Waals surface area contributed by atoms with Crippen LogP contribution in [0.2, 0.25) is 0 Å². The van der Waals surface area contributed by atoms with Crippen LogP contribution in [0.3, 0.4) is 0 Å². The van der Waals surface area contributed by atoms with Gasteiger partial charge in [-0.15, -0.1) is 0 Å². The Hall–Kier alpha value is -3.59. The van der Waals surface area contributed by atoms with E-state index in [1.165, 1.54) is 77.0 Å². The van der Waals surface area contributed by atoms with Crippen LogP contribution in [-0.2, 0) is 21.1 Å². The molecule has 63 heavy (non-hydrogen) atoms. The summed E-state index contributed by atoms with van der Waals surface area (Å²) in [5.41, 5.74) is 14.1. The number of hydrogen-bond acceptors (Lipinski definition) is 12. The molecule has 0 atom stereocenters. The van der Waals surface area contributed by atoms with E-state index in [-0.39, 0.29) is 21.1 Å². The summed E-state index contributed by atoms with van der Waals surface area (Å²) in [4.78, 5) is 8.92. The van der Waals surface area contributed by atoms with Crippen molar-refractivity contribution in [2.75, 3.05) is 0 Å². The predicted octanol–water partition coefficient (Wildman–Crippen LogP) is 5.69. The number of aromatic amines is 2. The number of nitrogens with zero attached hydrogens (tertiary/aromatic N) is 8. The Labute approximate surface area is 408 Å². The zero-order valence-electron chi connectivity index (χ0n) is 37.0. The van der Waals surface area contributed by atoms with Gasteiger partial charge in [-0.1, -0.05) is 77.0 Å². The van der Waals surface area contributed by atoms with Gasteiger partial charge in [0.15, 0.2) is 43.7 Å². The largest absolute Gasteiger partial charge is 2.00 e. The predicted molar refractivity (Wildman–Crippen MR) is 265 cm³/mol. The summed E-state index contributed by atoms with van der Waals surface area (Å²) in [5, 5.41) is 46.9. The van der Waals surface area contributed by atoms with Gasteiger partial charge in [0.2, 0.25) is 0 Å². The van der Waals surface area contributed by atoms with Crippen molar-refractivity contribution < 1.29 is 21.1 Å². The van der Waals surface area contributed by atoms with Crippen molar-refractivity contribution >= 4 is 92.2 Å². The molecule has 10 N–H and O–H groups in total. The topological polar surface area (TPSA) is 229 Å². The van der Waals surface area contributed by atoms with Crippen LogP contribution >= 0.6 is 48.9 Å². The van der Waals surface area contributed by atoms with Gasteiger partial charge in [-0.25, -0.2) is 9.97 Å². The molecule has 2 aromatic heterocycles. The molecule has 0 unspecified atom stereocenters. The number of H-pyrrole nitrogens is 2. The third kappa shape index (κ3) is 19.2. The maximum Gasteiger partial charge on any atom is 2.00 e. The number of thiocarbonyl (C=S) groups is 4. The molecule has 4 saturated carbocycles. The molecule has 0 aromatic carbocycles. The molecule has 0 spiro atoms. The van der Waals surface area contributed by atoms with Gasteiger partial charge >= 0.3 is 21.1 Å². The van der Waals surface area contributed by atoms with Crippen LogP contribution in [0.4, 0.5) is 0 Å². The summed E-state index contributed by atoms with van der Waals surface area (Å²) in [6.45, 7) is 7.34. The molecule has 6 rings (SSSR count). The third-order valence-electron chi connectivity index (χ3n) is 11.4. The quantitative estimate of drug-likeness (QED) is 0.0700. The van der Waals surface area contributed by atoms with Gasteiger partial charge in [-0.2, -0.15) is 30.6 Å². The van der Waals surface area contributed by atoms with E-state index in [4.69, 9.17) is 48.9 Å². The fourth-order valence-electron chi connectivity index (χ4n) is 7.77. The summed E-state index contributed by atoms with van der Waals surface area (Å²) >= 11 is 21.4. The van der Waals surface area contributed by atoms with Crippen LogP contribution in [0.15, 0.2) is 20.4 Å². The van der Waals surface area contributed by atoms with Gasteiger partial charge in [0.25, 0.3) is 0 Å². The molecule has 4 aliphatic carbocycles. The second kappa shape index (κ2) is 28.3. The average Bonchev–Trinajstić information content (AvgIpc) is 4.00. The SMILES string of the molecule is C/C(=N\NC(=S)NC1CCCCC1)c1n[nH]c(/C(C)=N/NC(=S)NC2CCCCC2)n1.C/C(=N\NC(=S)NC1CCCCC1)c1n[nH]c(/C(C)=N/NC(=S)NC2CCCCC2)n1.[Pt+2]. The normalized spacial score (nSPS) is 18.7. The van der Waals surface area contributed by atoms with E-state index in [1.54, 1.807) is 0 Å². The van der Waals surface area contributed by atoms with E-state index in [1.807, 2.05) is 27.7 Å². The second-order valence-corrected chi connectivity index (χ2v) is 18.1. The average molecular weight is 1120 g/mol. The minimum absolute atomic E-state index is 0. The minimum atomic E-state index is 0. The van der Waals surface area contributed by atoms with Crippen molar-refractivity contribution in [1.82, 2.24) is 73.3 Å². The van der Waals surface area contributed by atoms with E-state index >= 15 is 0 Å². The Balaban J connectivity index is 0.000000272. The molecule has 0 bridgehead atoms. The van der Waals surface area contributed by atoms with E-state index in [2.05, 4.69) is 93.7 Å². The first-order chi connectivity index (χ1) is 30.0. The Morgan fingerprint density at radius 1 is 0.413 bits per heavy atom. The summed E-state index contributed by atoms with van der Waals surface area (Å²) in [6, 6.07) is 1.74. The fourth-order valence-corrected chi connectivity index (χ4v) is 8.62. The van der Waals surface area contributed by atoms with Crippen molar-refractivity contribution in [2.45, 2.75) is 180 Å². The monoisotopic (exact) mass is 1120 g/mol. The number of aromatic nitrogens is 6. The maximum atomic E-state index is 5.35. The molecule has 348 valence electrons. The summed E-state index contributed by atoms with van der Waals surface area (Å²) in [5.74, 6) is 2.08.